The largest absolute Gasteiger partial charge is 0.487 e. The molecule has 4 rings (SSSR count). The summed E-state index contributed by atoms with van der Waals surface area (Å²) in [6.07, 6.45) is 13.9. The standard InChI is InChI=1S/C53H79N5O10S/c1-32(2)14-11-15-33(3)16-12-17-34(4)18-13-25-53(8)26-23-39-37(7)47(35(5)36(6)48(39)68-53)67-52(66)41(49(63)55-27-24-38-28-56-43-20-10-9-19-40(38)43)29-58(30-46(61)62)51(65)44(31-69)57-50(64)42(54)21-22-45(59)60/h9-10,19-20,28,32-34,41-42,44,56,69H,11-18,21-27,29-31,54H2,1-8H3,(H,55,63)(H,57,64)(H,59,60)(H,61,62)/t33?,34?,41?,42-,44-,53?/m0/s1. The number of fused-ring (bicyclic) bond motifs is 2. The first-order valence-electron chi connectivity index (χ1n) is 24.9. The molecule has 3 aromatic rings. The number of aliphatic carboxylic acids is 2. The van der Waals surface area contributed by atoms with Gasteiger partial charge in [-0.2, -0.15) is 12.6 Å². The molecule has 15 nitrogen and oxygen atoms in total. The second-order valence-corrected chi connectivity index (χ2v) is 20.6. The number of ether oxygens (including phenoxy) is 2. The number of hydrogen-bond donors (Lipinski definition) is 7. The van der Waals surface area contributed by atoms with E-state index in [1.165, 1.54) is 38.5 Å². The van der Waals surface area contributed by atoms with Gasteiger partial charge in [0.2, 0.25) is 17.7 Å². The molecule has 382 valence electrons. The van der Waals surface area contributed by atoms with Gasteiger partial charge in [-0.15, -0.1) is 0 Å². The van der Waals surface area contributed by atoms with Gasteiger partial charge in [0.05, 0.1) is 6.04 Å². The number of rotatable bonds is 29. The number of hydrogen-bond acceptors (Lipinski definition) is 10. The SMILES string of the molecule is Cc1c(C)c2c(c(C)c1OC(=O)C(CN(CC(=O)O)C(=O)[C@H](CS)NC(=O)[C@@H](N)CCC(=O)O)C(=O)NCCc1c[nH]c3ccccc13)CCC(C)(CCCC(C)CCCC(C)CCCC(C)C)O2. The Hall–Kier alpha value is -5.09. The van der Waals surface area contributed by atoms with Gasteiger partial charge in [0.25, 0.3) is 0 Å². The number of carbonyl (C=O) groups excluding carboxylic acids is 4. The summed E-state index contributed by atoms with van der Waals surface area (Å²) >= 11 is 4.21. The van der Waals surface area contributed by atoms with Gasteiger partial charge in [-0.25, -0.2) is 0 Å². The van der Waals surface area contributed by atoms with Gasteiger partial charge in [0, 0.05) is 47.9 Å². The number of amides is 3. The first-order chi connectivity index (χ1) is 32.6. The highest BCUT2D eigenvalue weighted by Gasteiger charge is 2.39. The minimum Gasteiger partial charge on any atom is -0.487 e. The van der Waals surface area contributed by atoms with Gasteiger partial charge >= 0.3 is 17.9 Å². The molecule has 7 N–H and O–H groups in total. The van der Waals surface area contributed by atoms with E-state index in [-0.39, 0.29) is 30.1 Å². The molecule has 1 aromatic heterocycles. The number of para-hydroxylation sites is 1. The van der Waals surface area contributed by atoms with Crippen LogP contribution in [-0.2, 0) is 41.6 Å². The average molecular weight is 978 g/mol. The summed E-state index contributed by atoms with van der Waals surface area (Å²) in [6.45, 7) is 15.5. The predicted octanol–water partition coefficient (Wildman–Crippen LogP) is 8.02. The number of nitrogens with zero attached hydrogens (tertiary/aromatic N) is 1. The van der Waals surface area contributed by atoms with Crippen LogP contribution in [0.25, 0.3) is 10.9 Å². The lowest BCUT2D eigenvalue weighted by atomic mass is 9.83. The van der Waals surface area contributed by atoms with E-state index in [4.69, 9.17) is 20.3 Å². The van der Waals surface area contributed by atoms with Gasteiger partial charge in [-0.05, 0) is 112 Å². The Morgan fingerprint density at radius 3 is 2.17 bits per heavy atom. The predicted molar refractivity (Wildman–Crippen MR) is 272 cm³/mol. The van der Waals surface area contributed by atoms with Crippen LogP contribution in [0.2, 0.25) is 0 Å². The summed E-state index contributed by atoms with van der Waals surface area (Å²) in [4.78, 5) is 82.8. The second kappa shape index (κ2) is 26.8. The fourth-order valence-corrected chi connectivity index (χ4v) is 9.59. The third kappa shape index (κ3) is 16.8. The van der Waals surface area contributed by atoms with Crippen molar-refractivity contribution in [1.82, 2.24) is 20.5 Å². The summed E-state index contributed by atoms with van der Waals surface area (Å²) in [7, 11) is 0. The Balaban J connectivity index is 1.51. The molecule has 0 saturated heterocycles. The molecule has 1 aliphatic heterocycles. The van der Waals surface area contributed by atoms with Crippen molar-refractivity contribution >= 4 is 59.2 Å². The maximum Gasteiger partial charge on any atom is 0.325 e. The maximum atomic E-state index is 14.5. The van der Waals surface area contributed by atoms with Crippen molar-refractivity contribution < 1.29 is 48.5 Å². The number of thiol groups is 1. The molecule has 0 bridgehead atoms. The highest BCUT2D eigenvalue weighted by molar-refractivity contribution is 7.80. The summed E-state index contributed by atoms with van der Waals surface area (Å²) in [5, 5.41) is 25.2. The normalized spacial score (nSPS) is 16.7. The van der Waals surface area contributed by atoms with Crippen LogP contribution in [-0.4, -0.2) is 98.8 Å². The van der Waals surface area contributed by atoms with Crippen LogP contribution >= 0.6 is 12.6 Å². The molecule has 16 heteroatoms. The number of benzene rings is 2. The van der Waals surface area contributed by atoms with Crippen molar-refractivity contribution in [3.63, 3.8) is 0 Å². The summed E-state index contributed by atoms with van der Waals surface area (Å²) in [6, 6.07) is 4.97. The van der Waals surface area contributed by atoms with E-state index in [2.05, 4.69) is 62.9 Å². The van der Waals surface area contributed by atoms with E-state index in [1.807, 2.05) is 51.2 Å². The van der Waals surface area contributed by atoms with Crippen molar-refractivity contribution in [2.24, 2.45) is 29.4 Å². The smallest absolute Gasteiger partial charge is 0.325 e. The monoisotopic (exact) mass is 978 g/mol. The number of carboxylic acid groups (broad SMARTS) is 2. The van der Waals surface area contributed by atoms with Crippen LogP contribution in [0.15, 0.2) is 30.5 Å². The number of H-pyrrole nitrogens is 1. The third-order valence-corrected chi connectivity index (χ3v) is 14.2. The van der Waals surface area contributed by atoms with E-state index >= 15 is 0 Å². The number of carbonyl (C=O) groups is 6. The van der Waals surface area contributed by atoms with E-state index in [1.54, 1.807) is 0 Å². The van der Waals surface area contributed by atoms with Gasteiger partial charge in [-0.3, -0.25) is 28.8 Å². The van der Waals surface area contributed by atoms with Crippen molar-refractivity contribution in [3.8, 4) is 11.5 Å². The van der Waals surface area contributed by atoms with Crippen molar-refractivity contribution in [2.75, 3.05) is 25.4 Å². The molecule has 2 aromatic carbocycles. The van der Waals surface area contributed by atoms with Crippen LogP contribution < -0.4 is 25.8 Å². The molecule has 1 aliphatic rings. The molecular formula is C53H79N5O10S. The molecular weight excluding hydrogens is 899 g/mol. The van der Waals surface area contributed by atoms with Crippen LogP contribution in [0, 0.1) is 44.4 Å². The van der Waals surface area contributed by atoms with E-state index in [0.717, 1.165) is 75.8 Å². The zero-order valence-corrected chi connectivity index (χ0v) is 43.1. The number of carboxylic acids is 2. The third-order valence-electron chi connectivity index (χ3n) is 13.9. The topological polar surface area (TPSA) is 230 Å². The Labute approximate surface area is 414 Å². The molecule has 3 amide bonds. The van der Waals surface area contributed by atoms with Gasteiger partial charge in [-0.1, -0.05) is 90.8 Å². The lowest BCUT2D eigenvalue weighted by molar-refractivity contribution is -0.151. The molecule has 69 heavy (non-hydrogen) atoms. The van der Waals surface area contributed by atoms with Gasteiger partial charge in [0.15, 0.2) is 5.92 Å². The molecule has 0 spiro atoms. The Kier molecular flexibility index (Phi) is 21.9. The second-order valence-electron chi connectivity index (χ2n) is 20.2. The highest BCUT2D eigenvalue weighted by Crippen LogP contribution is 2.45. The lowest BCUT2D eigenvalue weighted by Gasteiger charge is -2.38. The fraction of sp³-hybridized carbons (Fsp3) is 0.623. The van der Waals surface area contributed by atoms with E-state index in [9.17, 15) is 33.9 Å². The van der Waals surface area contributed by atoms with Crippen LogP contribution in [0.1, 0.15) is 139 Å². The van der Waals surface area contributed by atoms with E-state index < -0.39 is 73.1 Å². The van der Waals surface area contributed by atoms with Crippen molar-refractivity contribution in [1.29, 1.82) is 0 Å². The Bertz CT molecular complexity index is 2240. The number of aromatic nitrogens is 1. The van der Waals surface area contributed by atoms with Crippen LogP contribution in [0.3, 0.4) is 0 Å². The molecule has 4 unspecified atom stereocenters. The molecule has 2 heterocycles. The quantitative estimate of drug-likeness (QED) is 0.0152. The zero-order valence-electron chi connectivity index (χ0n) is 42.2. The first kappa shape index (κ1) is 56.5. The minimum absolute atomic E-state index is 0.101. The Morgan fingerprint density at radius 1 is 0.884 bits per heavy atom. The summed E-state index contributed by atoms with van der Waals surface area (Å²) in [5.74, 6) is -5.01. The highest BCUT2D eigenvalue weighted by atomic mass is 32.1. The number of aromatic amines is 1. The van der Waals surface area contributed by atoms with Gasteiger partial charge < -0.3 is 45.9 Å². The van der Waals surface area contributed by atoms with Crippen LogP contribution in [0.4, 0.5) is 0 Å². The van der Waals surface area contributed by atoms with E-state index in [0.29, 0.717) is 29.9 Å². The number of nitrogens with one attached hydrogen (secondary N) is 3. The first-order valence-corrected chi connectivity index (χ1v) is 25.5. The molecule has 0 radical (unpaired) electrons. The lowest BCUT2D eigenvalue weighted by Crippen LogP contribution is -2.56. The fourth-order valence-electron chi connectivity index (χ4n) is 9.34. The summed E-state index contributed by atoms with van der Waals surface area (Å²) < 4.78 is 13.0. The minimum atomic E-state index is -1.71. The molecule has 6 atom stereocenters. The molecule has 0 saturated carbocycles. The average Bonchev–Trinajstić information content (AvgIpc) is 3.71. The van der Waals surface area contributed by atoms with Crippen molar-refractivity contribution in [2.45, 2.75) is 163 Å². The van der Waals surface area contributed by atoms with Crippen molar-refractivity contribution in [3.05, 3.63) is 58.3 Å². The van der Waals surface area contributed by atoms with Gasteiger partial charge in [0.1, 0.15) is 29.7 Å². The number of esters is 1. The number of nitrogens with two attached hydrogens (primary N) is 1. The Morgan fingerprint density at radius 2 is 1.54 bits per heavy atom. The van der Waals surface area contributed by atoms with Crippen LogP contribution in [0.5, 0.6) is 11.5 Å². The molecule has 0 aliphatic carbocycles. The summed E-state index contributed by atoms with van der Waals surface area (Å²) in [5.41, 5.74) is 10.4. The zero-order chi connectivity index (χ0) is 51.0. The maximum absolute atomic E-state index is 14.5. The molecule has 0 fully saturated rings.